The molecule has 0 radical (unpaired) electrons. The highest BCUT2D eigenvalue weighted by molar-refractivity contribution is 5.92. The molecule has 1 aromatic rings. The number of anilines is 1. The highest BCUT2D eigenvalue weighted by Gasteiger charge is 2.23. The first-order chi connectivity index (χ1) is 10.1. The zero-order valence-electron chi connectivity index (χ0n) is 12.6. The minimum absolute atomic E-state index is 0. The van der Waals surface area contributed by atoms with Gasteiger partial charge in [0.25, 0.3) is 0 Å². The second-order valence-electron chi connectivity index (χ2n) is 5.29. The maximum absolute atomic E-state index is 13.1. The van der Waals surface area contributed by atoms with Crippen molar-refractivity contribution in [1.29, 1.82) is 0 Å². The van der Waals surface area contributed by atoms with Crippen LogP contribution in [0.4, 0.5) is 14.5 Å². The van der Waals surface area contributed by atoms with Crippen molar-refractivity contribution in [3.8, 4) is 0 Å². The van der Waals surface area contributed by atoms with Crippen LogP contribution < -0.4 is 10.6 Å². The molecule has 22 heavy (non-hydrogen) atoms. The Labute approximate surface area is 135 Å². The average molecular weight is 334 g/mol. The minimum Gasteiger partial charge on any atom is -0.325 e. The second-order valence-corrected chi connectivity index (χ2v) is 5.29. The number of nitrogens with zero attached hydrogens (tertiary/aromatic N) is 1. The van der Waals surface area contributed by atoms with Crippen LogP contribution >= 0.6 is 12.4 Å². The molecule has 1 unspecified atom stereocenters. The molecule has 1 fully saturated rings. The number of halogens is 3. The molecular weight excluding hydrogens is 312 g/mol. The van der Waals surface area contributed by atoms with Crippen molar-refractivity contribution >= 4 is 24.0 Å². The van der Waals surface area contributed by atoms with Gasteiger partial charge in [0.05, 0.1) is 6.54 Å². The maximum atomic E-state index is 13.1. The number of carbonyl (C=O) groups is 1. The van der Waals surface area contributed by atoms with Gasteiger partial charge in [0.1, 0.15) is 0 Å². The first kappa shape index (κ1) is 18.8. The summed E-state index contributed by atoms with van der Waals surface area (Å²) in [5.74, 6) is -2.09. The first-order valence-electron chi connectivity index (χ1n) is 7.30. The van der Waals surface area contributed by atoms with Crippen LogP contribution in [0.15, 0.2) is 18.2 Å². The Morgan fingerprint density at radius 3 is 2.77 bits per heavy atom. The van der Waals surface area contributed by atoms with Gasteiger partial charge in [-0.15, -0.1) is 12.4 Å². The van der Waals surface area contributed by atoms with Crippen LogP contribution in [0.2, 0.25) is 0 Å². The Morgan fingerprint density at radius 2 is 2.18 bits per heavy atom. The van der Waals surface area contributed by atoms with Gasteiger partial charge in [0.15, 0.2) is 11.6 Å². The van der Waals surface area contributed by atoms with E-state index in [-0.39, 0.29) is 30.5 Å². The molecule has 1 heterocycles. The van der Waals surface area contributed by atoms with Gasteiger partial charge in [-0.25, -0.2) is 8.78 Å². The summed E-state index contributed by atoms with van der Waals surface area (Å²) < 4.78 is 26.0. The molecular formula is C15H22ClF2N3O. The molecule has 2 rings (SSSR count). The van der Waals surface area contributed by atoms with Crippen molar-refractivity contribution in [2.45, 2.75) is 25.8 Å². The van der Waals surface area contributed by atoms with Crippen LogP contribution in [-0.4, -0.2) is 43.0 Å². The van der Waals surface area contributed by atoms with E-state index < -0.39 is 11.6 Å². The molecule has 0 bridgehead atoms. The van der Waals surface area contributed by atoms with Crippen molar-refractivity contribution in [2.75, 3.05) is 31.5 Å². The Morgan fingerprint density at radius 1 is 1.41 bits per heavy atom. The molecule has 1 amide bonds. The van der Waals surface area contributed by atoms with Crippen LogP contribution in [0.1, 0.15) is 19.8 Å². The van der Waals surface area contributed by atoms with Gasteiger partial charge in [-0.3, -0.25) is 9.69 Å². The zero-order valence-corrected chi connectivity index (χ0v) is 13.4. The van der Waals surface area contributed by atoms with E-state index in [0.717, 1.165) is 44.6 Å². The largest absolute Gasteiger partial charge is 0.325 e. The van der Waals surface area contributed by atoms with Gasteiger partial charge in [-0.05, 0) is 38.1 Å². The molecule has 7 heteroatoms. The number of carbonyl (C=O) groups excluding carboxylic acids is 1. The van der Waals surface area contributed by atoms with E-state index in [1.54, 1.807) is 0 Å². The van der Waals surface area contributed by atoms with Crippen molar-refractivity contribution < 1.29 is 13.6 Å². The topological polar surface area (TPSA) is 44.4 Å². The zero-order chi connectivity index (χ0) is 15.2. The van der Waals surface area contributed by atoms with Crippen LogP contribution in [-0.2, 0) is 4.79 Å². The molecule has 1 saturated heterocycles. The summed E-state index contributed by atoms with van der Waals surface area (Å²) in [7, 11) is 0. The highest BCUT2D eigenvalue weighted by Crippen LogP contribution is 2.14. The Kier molecular flexibility index (Phi) is 7.72. The molecule has 0 aliphatic carbocycles. The SMILES string of the molecule is CCCN(CC(=O)Nc1ccc(F)c(F)c1)C1CCNC1.Cl. The molecule has 0 aromatic heterocycles. The predicted octanol–water partition coefficient (Wildman–Crippen LogP) is 2.40. The van der Waals surface area contributed by atoms with E-state index in [9.17, 15) is 13.6 Å². The van der Waals surface area contributed by atoms with Gasteiger partial charge < -0.3 is 10.6 Å². The molecule has 1 atom stereocenters. The molecule has 4 nitrogen and oxygen atoms in total. The fourth-order valence-corrected chi connectivity index (χ4v) is 2.59. The normalized spacial score (nSPS) is 17.4. The summed E-state index contributed by atoms with van der Waals surface area (Å²) in [6.07, 6.45) is 1.99. The summed E-state index contributed by atoms with van der Waals surface area (Å²) in [5.41, 5.74) is 0.278. The third-order valence-electron chi connectivity index (χ3n) is 3.61. The van der Waals surface area contributed by atoms with Crippen LogP contribution in [0.25, 0.3) is 0 Å². The molecule has 2 N–H and O–H groups in total. The van der Waals surface area contributed by atoms with Crippen molar-refractivity contribution in [1.82, 2.24) is 10.2 Å². The quantitative estimate of drug-likeness (QED) is 0.840. The van der Waals surface area contributed by atoms with Gasteiger partial charge in [-0.2, -0.15) is 0 Å². The van der Waals surface area contributed by atoms with E-state index in [0.29, 0.717) is 6.04 Å². The Bertz CT molecular complexity index is 496. The van der Waals surface area contributed by atoms with E-state index in [2.05, 4.69) is 22.5 Å². The molecule has 1 aliphatic rings. The van der Waals surface area contributed by atoms with Crippen molar-refractivity contribution in [3.63, 3.8) is 0 Å². The van der Waals surface area contributed by atoms with Gasteiger partial charge >= 0.3 is 0 Å². The Balaban J connectivity index is 0.00000242. The lowest BCUT2D eigenvalue weighted by Gasteiger charge is -2.27. The summed E-state index contributed by atoms with van der Waals surface area (Å²) in [4.78, 5) is 14.2. The van der Waals surface area contributed by atoms with Crippen molar-refractivity contribution in [3.05, 3.63) is 29.8 Å². The Hall–Kier alpha value is -1.24. The van der Waals surface area contributed by atoms with E-state index in [1.165, 1.54) is 6.07 Å². The lowest BCUT2D eigenvalue weighted by atomic mass is 10.2. The van der Waals surface area contributed by atoms with E-state index in [4.69, 9.17) is 0 Å². The predicted molar refractivity (Wildman–Crippen MR) is 85.4 cm³/mol. The van der Waals surface area contributed by atoms with Crippen LogP contribution in [0.5, 0.6) is 0 Å². The van der Waals surface area contributed by atoms with E-state index in [1.807, 2.05) is 0 Å². The fourth-order valence-electron chi connectivity index (χ4n) is 2.59. The molecule has 1 aromatic carbocycles. The number of benzene rings is 1. The monoisotopic (exact) mass is 333 g/mol. The third kappa shape index (κ3) is 5.19. The lowest BCUT2D eigenvalue weighted by molar-refractivity contribution is -0.117. The summed E-state index contributed by atoms with van der Waals surface area (Å²) in [6.45, 7) is 5.04. The first-order valence-corrected chi connectivity index (χ1v) is 7.30. The number of hydrogen-bond donors (Lipinski definition) is 2. The second kappa shape index (κ2) is 9.02. The average Bonchev–Trinajstić information content (AvgIpc) is 2.96. The fraction of sp³-hybridized carbons (Fsp3) is 0.533. The summed E-state index contributed by atoms with van der Waals surface area (Å²) in [6, 6.07) is 3.72. The molecule has 124 valence electrons. The number of nitrogens with one attached hydrogen (secondary N) is 2. The van der Waals surface area contributed by atoms with Crippen molar-refractivity contribution in [2.24, 2.45) is 0 Å². The molecule has 0 saturated carbocycles. The smallest absolute Gasteiger partial charge is 0.238 e. The van der Waals surface area contributed by atoms with Gasteiger partial charge in [0, 0.05) is 24.3 Å². The highest BCUT2D eigenvalue weighted by atomic mass is 35.5. The number of amides is 1. The third-order valence-corrected chi connectivity index (χ3v) is 3.61. The van der Waals surface area contributed by atoms with Gasteiger partial charge in [0.2, 0.25) is 5.91 Å². The number of rotatable bonds is 6. The number of hydrogen-bond acceptors (Lipinski definition) is 3. The van der Waals surface area contributed by atoms with Crippen LogP contribution in [0.3, 0.4) is 0 Å². The minimum atomic E-state index is -0.960. The molecule has 0 spiro atoms. The molecule has 1 aliphatic heterocycles. The van der Waals surface area contributed by atoms with E-state index >= 15 is 0 Å². The standard InChI is InChI=1S/C15H21F2N3O.ClH/c1-2-7-20(12-5-6-18-9-12)10-15(21)19-11-3-4-13(16)14(17)8-11;/h3-4,8,12,18H,2,5-7,9-10H2,1H3,(H,19,21);1H. The maximum Gasteiger partial charge on any atom is 0.238 e. The summed E-state index contributed by atoms with van der Waals surface area (Å²) in [5, 5.41) is 5.90. The van der Waals surface area contributed by atoms with Gasteiger partial charge in [-0.1, -0.05) is 6.92 Å². The van der Waals surface area contributed by atoms with Crippen LogP contribution in [0, 0.1) is 11.6 Å². The summed E-state index contributed by atoms with van der Waals surface area (Å²) >= 11 is 0. The lowest BCUT2D eigenvalue weighted by Crippen LogP contribution is -2.42.